The number of amides is 1. The number of ether oxygens (including phenoxy) is 1. The fourth-order valence-electron chi connectivity index (χ4n) is 2.89. The van der Waals surface area contributed by atoms with Gasteiger partial charge in [0.2, 0.25) is 0 Å². The molecule has 0 atom stereocenters. The number of hydrogen-bond acceptors (Lipinski definition) is 6. The van der Waals surface area contributed by atoms with E-state index in [1.54, 1.807) is 42.5 Å². The number of carbonyl (C=O) groups excluding carboxylic acids is 2. The molecule has 0 radical (unpaired) electrons. The van der Waals surface area contributed by atoms with Crippen LogP contribution in [0.2, 0.25) is 5.02 Å². The second-order valence-corrected chi connectivity index (χ2v) is 8.28. The molecule has 4 aromatic rings. The fraction of sp³-hybridized carbons (Fsp3) is 0.174. The molecular formula is C23H19ClN2O4S. The van der Waals surface area contributed by atoms with E-state index in [0.717, 1.165) is 23.1 Å². The van der Waals surface area contributed by atoms with Crippen molar-refractivity contribution in [2.45, 2.75) is 19.8 Å². The van der Waals surface area contributed by atoms with Crippen LogP contribution in [0.25, 0.3) is 21.5 Å². The molecule has 0 aliphatic rings. The Bertz CT molecular complexity index is 1230. The zero-order chi connectivity index (χ0) is 21.8. The molecule has 6 nitrogen and oxygen atoms in total. The second kappa shape index (κ2) is 9.32. The predicted molar refractivity (Wildman–Crippen MR) is 122 cm³/mol. The smallest absolute Gasteiger partial charge is 0.338 e. The van der Waals surface area contributed by atoms with Crippen LogP contribution >= 0.6 is 22.9 Å². The van der Waals surface area contributed by atoms with Gasteiger partial charge in [0.1, 0.15) is 5.76 Å². The second-order valence-electron chi connectivity index (χ2n) is 6.82. The van der Waals surface area contributed by atoms with Crippen molar-refractivity contribution < 1.29 is 18.7 Å². The highest BCUT2D eigenvalue weighted by Crippen LogP contribution is 2.28. The third kappa shape index (κ3) is 4.95. The number of halogens is 1. The molecule has 0 unspecified atom stereocenters. The minimum absolute atomic E-state index is 0.171. The summed E-state index contributed by atoms with van der Waals surface area (Å²) >= 11 is 7.19. The summed E-state index contributed by atoms with van der Waals surface area (Å²) in [6.07, 6.45) is 1.79. The van der Waals surface area contributed by atoms with Crippen LogP contribution in [0.3, 0.4) is 0 Å². The van der Waals surface area contributed by atoms with Crippen LogP contribution in [0.1, 0.15) is 40.7 Å². The van der Waals surface area contributed by atoms with E-state index in [0.29, 0.717) is 33.6 Å². The number of hydrogen-bond donors (Lipinski definition) is 1. The average Bonchev–Trinajstić information content (AvgIpc) is 3.40. The van der Waals surface area contributed by atoms with Crippen molar-refractivity contribution in [3.63, 3.8) is 0 Å². The van der Waals surface area contributed by atoms with Gasteiger partial charge in [-0.2, -0.15) is 0 Å². The zero-order valence-corrected chi connectivity index (χ0v) is 18.3. The Kier molecular flexibility index (Phi) is 6.34. The summed E-state index contributed by atoms with van der Waals surface area (Å²) in [4.78, 5) is 29.1. The predicted octanol–water partition coefficient (Wildman–Crippen LogP) is 6.42. The van der Waals surface area contributed by atoms with E-state index in [2.05, 4.69) is 10.3 Å². The number of carbonyl (C=O) groups is 2. The average molecular weight is 455 g/mol. The molecule has 0 saturated heterocycles. The van der Waals surface area contributed by atoms with Gasteiger partial charge in [-0.1, -0.05) is 36.3 Å². The summed E-state index contributed by atoms with van der Waals surface area (Å²) in [6, 6.07) is 15.6. The lowest BCUT2D eigenvalue weighted by Gasteiger charge is -2.03. The van der Waals surface area contributed by atoms with Gasteiger partial charge in [0, 0.05) is 10.6 Å². The van der Waals surface area contributed by atoms with Gasteiger partial charge in [-0.25, -0.2) is 9.78 Å². The first-order valence-electron chi connectivity index (χ1n) is 9.78. The molecule has 8 heteroatoms. The van der Waals surface area contributed by atoms with Crippen molar-refractivity contribution in [1.82, 2.24) is 4.98 Å². The zero-order valence-electron chi connectivity index (χ0n) is 16.7. The van der Waals surface area contributed by atoms with Gasteiger partial charge < -0.3 is 9.15 Å². The minimum atomic E-state index is -0.404. The van der Waals surface area contributed by atoms with Crippen LogP contribution in [0.15, 0.2) is 59.0 Å². The van der Waals surface area contributed by atoms with Crippen LogP contribution in [-0.2, 0) is 4.74 Å². The number of anilines is 1. The molecule has 0 saturated carbocycles. The first kappa shape index (κ1) is 21.1. The maximum atomic E-state index is 12.6. The van der Waals surface area contributed by atoms with E-state index in [4.69, 9.17) is 20.8 Å². The van der Waals surface area contributed by atoms with Crippen molar-refractivity contribution in [2.24, 2.45) is 0 Å². The molecule has 0 aliphatic carbocycles. The summed E-state index contributed by atoms with van der Waals surface area (Å²) in [5.41, 5.74) is 1.97. The van der Waals surface area contributed by atoms with Gasteiger partial charge in [0.15, 0.2) is 10.9 Å². The Morgan fingerprint density at radius 3 is 2.71 bits per heavy atom. The van der Waals surface area contributed by atoms with Crippen LogP contribution in [0.5, 0.6) is 0 Å². The summed E-state index contributed by atoms with van der Waals surface area (Å²) in [6.45, 7) is 2.44. The third-order valence-electron chi connectivity index (χ3n) is 4.53. The van der Waals surface area contributed by atoms with E-state index < -0.39 is 5.91 Å². The summed E-state index contributed by atoms with van der Waals surface area (Å²) < 4.78 is 11.7. The van der Waals surface area contributed by atoms with Gasteiger partial charge in [0.05, 0.1) is 22.4 Å². The summed E-state index contributed by atoms with van der Waals surface area (Å²) in [7, 11) is 0. The molecule has 0 fully saturated rings. The van der Waals surface area contributed by atoms with Crippen LogP contribution < -0.4 is 5.32 Å². The Labute approximate surface area is 187 Å². The SMILES string of the molecule is CCCCOC(=O)c1ccc2nc(NC(=O)c3ccc(-c4ccc(Cl)cc4)o3)sc2c1. The highest BCUT2D eigenvalue weighted by atomic mass is 35.5. The lowest BCUT2D eigenvalue weighted by atomic mass is 10.2. The maximum absolute atomic E-state index is 12.6. The summed E-state index contributed by atoms with van der Waals surface area (Å²) in [5.74, 6) is -0.0279. The Balaban J connectivity index is 1.46. The minimum Gasteiger partial charge on any atom is -0.462 e. The first-order chi connectivity index (χ1) is 15.0. The molecule has 0 spiro atoms. The first-order valence-corrected chi connectivity index (χ1v) is 11.0. The number of aromatic nitrogens is 1. The number of thiazole rings is 1. The van der Waals surface area contributed by atoms with E-state index in [1.807, 2.05) is 19.1 Å². The molecule has 2 aromatic heterocycles. The van der Waals surface area contributed by atoms with Crippen molar-refractivity contribution in [3.05, 3.63) is 70.9 Å². The number of nitrogens with zero attached hydrogens (tertiary/aromatic N) is 1. The molecule has 158 valence electrons. The number of rotatable bonds is 7. The highest BCUT2D eigenvalue weighted by molar-refractivity contribution is 7.22. The number of benzene rings is 2. The standard InChI is InChI=1S/C23H19ClN2O4S/c1-2-3-12-29-22(28)15-6-9-17-20(13-15)31-23(25-17)26-21(27)19-11-10-18(30-19)14-4-7-16(24)8-5-14/h4-11,13H,2-3,12H2,1H3,(H,25,26,27). The van der Waals surface area contributed by atoms with Gasteiger partial charge in [-0.3, -0.25) is 10.1 Å². The molecule has 0 bridgehead atoms. The van der Waals surface area contributed by atoms with E-state index in [1.165, 1.54) is 11.3 Å². The van der Waals surface area contributed by atoms with Gasteiger partial charge in [-0.15, -0.1) is 0 Å². The summed E-state index contributed by atoms with van der Waals surface area (Å²) in [5, 5.41) is 3.79. The molecular weight excluding hydrogens is 436 g/mol. The van der Waals surface area contributed by atoms with E-state index in [-0.39, 0.29) is 11.7 Å². The number of unbranched alkanes of at least 4 members (excludes halogenated alkanes) is 1. The van der Waals surface area contributed by atoms with Gasteiger partial charge >= 0.3 is 5.97 Å². The quantitative estimate of drug-likeness (QED) is 0.257. The van der Waals surface area contributed by atoms with Crippen LogP contribution in [0, 0.1) is 0 Å². The molecule has 4 rings (SSSR count). The number of furan rings is 1. The molecule has 31 heavy (non-hydrogen) atoms. The molecule has 1 N–H and O–H groups in total. The van der Waals surface area contributed by atoms with Crippen LogP contribution in [-0.4, -0.2) is 23.5 Å². The molecule has 1 amide bonds. The Morgan fingerprint density at radius 2 is 1.94 bits per heavy atom. The lowest BCUT2D eigenvalue weighted by Crippen LogP contribution is -2.10. The molecule has 2 heterocycles. The van der Waals surface area contributed by atoms with E-state index >= 15 is 0 Å². The number of esters is 1. The monoisotopic (exact) mass is 454 g/mol. The van der Waals surface area contributed by atoms with Gasteiger partial charge in [-0.05, 0) is 61.0 Å². The topological polar surface area (TPSA) is 81.4 Å². The third-order valence-corrected chi connectivity index (χ3v) is 5.72. The Hall–Kier alpha value is -3.16. The van der Waals surface area contributed by atoms with E-state index in [9.17, 15) is 9.59 Å². The van der Waals surface area contributed by atoms with Crippen molar-refractivity contribution >= 4 is 50.2 Å². The fourth-order valence-corrected chi connectivity index (χ4v) is 3.91. The van der Waals surface area contributed by atoms with Crippen molar-refractivity contribution in [1.29, 1.82) is 0 Å². The Morgan fingerprint density at radius 1 is 1.13 bits per heavy atom. The van der Waals surface area contributed by atoms with Gasteiger partial charge in [0.25, 0.3) is 5.91 Å². The number of fused-ring (bicyclic) bond motifs is 1. The van der Waals surface area contributed by atoms with Crippen LogP contribution in [0.4, 0.5) is 5.13 Å². The maximum Gasteiger partial charge on any atom is 0.338 e. The lowest BCUT2D eigenvalue weighted by molar-refractivity contribution is 0.0500. The van der Waals surface area contributed by atoms with Crippen molar-refractivity contribution in [3.8, 4) is 11.3 Å². The normalized spacial score (nSPS) is 10.9. The van der Waals surface area contributed by atoms with Crippen molar-refractivity contribution in [2.75, 3.05) is 11.9 Å². The largest absolute Gasteiger partial charge is 0.462 e. The molecule has 0 aliphatic heterocycles. The molecule has 2 aromatic carbocycles. The number of nitrogens with one attached hydrogen (secondary N) is 1. The highest BCUT2D eigenvalue weighted by Gasteiger charge is 2.16.